The summed E-state index contributed by atoms with van der Waals surface area (Å²) in [5.74, 6) is -0.670. The number of carbonyl (C=O) groups excluding carboxylic acids is 1. The van der Waals surface area contributed by atoms with Crippen molar-refractivity contribution in [2.75, 3.05) is 19.0 Å². The molecule has 1 aromatic carbocycles. The number of rotatable bonds is 3. The van der Waals surface area contributed by atoms with Gasteiger partial charge in [0, 0.05) is 19.7 Å². The van der Waals surface area contributed by atoms with Crippen LogP contribution >= 0.6 is 0 Å². The molecule has 0 heterocycles. The van der Waals surface area contributed by atoms with E-state index in [2.05, 4.69) is 6.58 Å². The molecule has 0 unspecified atom stereocenters. The number of anilines is 1. The van der Waals surface area contributed by atoms with Gasteiger partial charge < -0.3 is 4.90 Å². The van der Waals surface area contributed by atoms with Crippen LogP contribution in [-0.4, -0.2) is 19.9 Å². The summed E-state index contributed by atoms with van der Waals surface area (Å²) in [6, 6.07) is 4.38. The van der Waals surface area contributed by atoms with Gasteiger partial charge in [0.1, 0.15) is 5.82 Å². The lowest BCUT2D eigenvalue weighted by Gasteiger charge is -2.13. The molecule has 0 N–H and O–H groups in total. The smallest absolute Gasteiger partial charge is 0.185 e. The number of hydrogen-bond acceptors (Lipinski definition) is 2. The molecule has 0 spiro atoms. The Labute approximate surface area is 82.7 Å². The topological polar surface area (TPSA) is 20.3 Å². The van der Waals surface area contributed by atoms with Gasteiger partial charge in [-0.2, -0.15) is 0 Å². The first-order chi connectivity index (χ1) is 6.56. The summed E-state index contributed by atoms with van der Waals surface area (Å²) in [6.45, 7) is 3.34. The number of carbonyl (C=O) groups is 1. The first-order valence-corrected chi connectivity index (χ1v) is 4.20. The van der Waals surface area contributed by atoms with Gasteiger partial charge in [-0.1, -0.05) is 6.58 Å². The molecular weight excluding hydrogens is 181 g/mol. The number of benzene rings is 1. The minimum Gasteiger partial charge on any atom is -0.375 e. The van der Waals surface area contributed by atoms with E-state index >= 15 is 0 Å². The van der Waals surface area contributed by atoms with Crippen molar-refractivity contribution in [3.8, 4) is 0 Å². The van der Waals surface area contributed by atoms with Crippen molar-refractivity contribution in [3.05, 3.63) is 42.2 Å². The van der Waals surface area contributed by atoms with Crippen LogP contribution in [0.1, 0.15) is 10.4 Å². The van der Waals surface area contributed by atoms with Crippen molar-refractivity contribution in [3.63, 3.8) is 0 Å². The zero-order valence-corrected chi connectivity index (χ0v) is 8.25. The first-order valence-electron chi connectivity index (χ1n) is 4.20. The van der Waals surface area contributed by atoms with E-state index in [9.17, 15) is 9.18 Å². The molecule has 74 valence electrons. The molecule has 0 bridgehead atoms. The van der Waals surface area contributed by atoms with Crippen LogP contribution in [0.4, 0.5) is 10.1 Å². The highest BCUT2D eigenvalue weighted by Crippen LogP contribution is 2.18. The maximum atomic E-state index is 13.4. The van der Waals surface area contributed by atoms with Gasteiger partial charge in [0.15, 0.2) is 5.78 Å². The normalized spacial score (nSPS) is 9.64. The van der Waals surface area contributed by atoms with E-state index in [4.69, 9.17) is 0 Å². The number of ketones is 1. The zero-order chi connectivity index (χ0) is 10.7. The van der Waals surface area contributed by atoms with E-state index in [1.54, 1.807) is 31.1 Å². The van der Waals surface area contributed by atoms with Crippen LogP contribution in [0.15, 0.2) is 30.9 Å². The maximum absolute atomic E-state index is 13.4. The number of hydrogen-bond donors (Lipinski definition) is 0. The highest BCUT2D eigenvalue weighted by molar-refractivity contribution is 6.04. The predicted octanol–water partition coefficient (Wildman–Crippen LogP) is 2.26. The summed E-state index contributed by atoms with van der Waals surface area (Å²) in [5.41, 5.74) is 0.786. The minimum absolute atomic E-state index is 0.269. The molecule has 0 amide bonds. The number of nitrogens with zero attached hydrogens (tertiary/aromatic N) is 1. The molecular formula is C11H12FNO. The van der Waals surface area contributed by atoms with E-state index in [0.717, 1.165) is 0 Å². The molecule has 14 heavy (non-hydrogen) atoms. The summed E-state index contributed by atoms with van der Waals surface area (Å²) in [6.07, 6.45) is 1.17. The molecule has 1 rings (SSSR count). The van der Waals surface area contributed by atoms with Gasteiger partial charge in [-0.05, 0) is 24.3 Å². The van der Waals surface area contributed by atoms with Gasteiger partial charge >= 0.3 is 0 Å². The Hall–Kier alpha value is -1.64. The Bertz CT molecular complexity index is 372. The fourth-order valence-corrected chi connectivity index (χ4v) is 1.14. The molecule has 0 radical (unpaired) electrons. The van der Waals surface area contributed by atoms with Crippen molar-refractivity contribution in [2.45, 2.75) is 0 Å². The summed E-state index contributed by atoms with van der Waals surface area (Å²) in [7, 11) is 3.49. The molecule has 0 aliphatic heterocycles. The highest BCUT2D eigenvalue weighted by atomic mass is 19.1. The third-order valence-electron chi connectivity index (χ3n) is 1.90. The third-order valence-corrected chi connectivity index (χ3v) is 1.90. The van der Waals surface area contributed by atoms with Gasteiger partial charge in [0.2, 0.25) is 0 Å². The summed E-state index contributed by atoms with van der Waals surface area (Å²) < 4.78 is 13.4. The van der Waals surface area contributed by atoms with E-state index in [1.165, 1.54) is 12.1 Å². The van der Waals surface area contributed by atoms with Crippen LogP contribution < -0.4 is 4.90 Å². The maximum Gasteiger partial charge on any atom is 0.185 e. The van der Waals surface area contributed by atoms with Crippen LogP contribution in [0.25, 0.3) is 0 Å². The summed E-state index contributed by atoms with van der Waals surface area (Å²) in [5, 5.41) is 0. The van der Waals surface area contributed by atoms with Crippen molar-refractivity contribution >= 4 is 11.5 Å². The Morgan fingerprint density at radius 2 is 2.14 bits per heavy atom. The first kappa shape index (κ1) is 10.4. The highest BCUT2D eigenvalue weighted by Gasteiger charge is 2.07. The lowest BCUT2D eigenvalue weighted by molar-refractivity contribution is 0.104. The average Bonchev–Trinajstić information content (AvgIpc) is 2.15. The van der Waals surface area contributed by atoms with E-state index in [0.29, 0.717) is 11.3 Å². The Morgan fingerprint density at radius 3 is 2.57 bits per heavy atom. The van der Waals surface area contributed by atoms with E-state index < -0.39 is 5.82 Å². The van der Waals surface area contributed by atoms with Gasteiger partial charge in [-0.25, -0.2) is 4.39 Å². The summed E-state index contributed by atoms with van der Waals surface area (Å²) in [4.78, 5) is 12.8. The number of allylic oxidation sites excluding steroid dienone is 1. The zero-order valence-electron chi connectivity index (χ0n) is 8.25. The summed E-state index contributed by atoms with van der Waals surface area (Å²) >= 11 is 0. The molecule has 0 saturated heterocycles. The van der Waals surface area contributed by atoms with E-state index in [-0.39, 0.29) is 5.78 Å². The monoisotopic (exact) mass is 193 g/mol. The van der Waals surface area contributed by atoms with Crippen molar-refractivity contribution < 1.29 is 9.18 Å². The van der Waals surface area contributed by atoms with Gasteiger partial charge in [0.05, 0.1) is 5.69 Å². The lowest BCUT2D eigenvalue weighted by atomic mass is 10.1. The molecule has 0 atom stereocenters. The third kappa shape index (κ3) is 1.99. The molecule has 0 saturated carbocycles. The molecule has 0 aliphatic rings. The Morgan fingerprint density at radius 1 is 1.50 bits per heavy atom. The molecule has 1 aromatic rings. The van der Waals surface area contributed by atoms with Gasteiger partial charge in [-0.15, -0.1) is 0 Å². The second kappa shape index (κ2) is 4.05. The van der Waals surface area contributed by atoms with Crippen molar-refractivity contribution in [1.82, 2.24) is 0 Å². The van der Waals surface area contributed by atoms with Crippen LogP contribution in [0.5, 0.6) is 0 Å². The molecule has 0 aliphatic carbocycles. The van der Waals surface area contributed by atoms with E-state index in [1.807, 2.05) is 0 Å². The second-order valence-corrected chi connectivity index (χ2v) is 3.13. The minimum atomic E-state index is -0.400. The Kier molecular flexibility index (Phi) is 3.02. The fourth-order valence-electron chi connectivity index (χ4n) is 1.14. The largest absolute Gasteiger partial charge is 0.375 e. The lowest BCUT2D eigenvalue weighted by Crippen LogP contribution is -2.11. The SMILES string of the molecule is C=CC(=O)c1ccc(N(C)C)c(F)c1. The van der Waals surface area contributed by atoms with Crippen LogP contribution in [0, 0.1) is 5.82 Å². The quantitative estimate of drug-likeness (QED) is 0.542. The number of halogens is 1. The van der Waals surface area contributed by atoms with Crippen LogP contribution in [0.3, 0.4) is 0 Å². The second-order valence-electron chi connectivity index (χ2n) is 3.13. The molecule has 2 nitrogen and oxygen atoms in total. The average molecular weight is 193 g/mol. The van der Waals surface area contributed by atoms with Crippen molar-refractivity contribution in [1.29, 1.82) is 0 Å². The molecule has 0 fully saturated rings. The van der Waals surface area contributed by atoms with Crippen LogP contribution in [-0.2, 0) is 0 Å². The van der Waals surface area contributed by atoms with Gasteiger partial charge in [0.25, 0.3) is 0 Å². The Balaban J connectivity index is 3.12. The molecule has 0 aromatic heterocycles. The molecule has 3 heteroatoms. The fraction of sp³-hybridized carbons (Fsp3) is 0.182. The predicted molar refractivity (Wildman–Crippen MR) is 55.3 cm³/mol. The van der Waals surface area contributed by atoms with Crippen molar-refractivity contribution in [2.24, 2.45) is 0 Å². The van der Waals surface area contributed by atoms with Crippen LogP contribution in [0.2, 0.25) is 0 Å². The van der Waals surface area contributed by atoms with Gasteiger partial charge in [-0.3, -0.25) is 4.79 Å². The standard InChI is InChI=1S/C11H12FNO/c1-4-11(14)8-5-6-10(13(2)3)9(12)7-8/h4-7H,1H2,2-3H3.